The van der Waals surface area contributed by atoms with E-state index in [1.165, 1.54) is 0 Å². The van der Waals surface area contributed by atoms with E-state index < -0.39 is 0 Å². The maximum absolute atomic E-state index is 6.49. The highest BCUT2D eigenvalue weighted by Gasteiger charge is 2.21. The molecule has 0 aliphatic heterocycles. The lowest BCUT2D eigenvalue weighted by Crippen LogP contribution is -2.23. The fourth-order valence-electron chi connectivity index (χ4n) is 2.84. The van der Waals surface area contributed by atoms with Crippen LogP contribution >= 0.6 is 11.6 Å². The third-order valence-electron chi connectivity index (χ3n) is 4.47. The average molecular weight is 328 g/mol. The predicted octanol–water partition coefficient (Wildman–Crippen LogP) is 4.78. The molecule has 0 fully saturated rings. The zero-order valence-electron chi connectivity index (χ0n) is 13.5. The molecule has 120 valence electrons. The molecular weight excluding hydrogens is 306 g/mol. The standard InChI is InChI=1S/C19H22ClN3/c1-3-13(2)18(21)19-22-16-9-4-5-10-17(16)23(19)12-14-7-6-8-15(20)11-14/h4-11,13,18H,3,12,21H2,1-2H3/t13?,18-/m0/s1. The first-order valence-corrected chi connectivity index (χ1v) is 8.43. The fraction of sp³-hybridized carbons (Fsp3) is 0.316. The number of nitrogens with two attached hydrogens (primary N) is 1. The molecule has 3 rings (SSSR count). The Morgan fingerprint density at radius 1 is 1.17 bits per heavy atom. The van der Waals surface area contributed by atoms with E-state index in [4.69, 9.17) is 22.3 Å². The van der Waals surface area contributed by atoms with Gasteiger partial charge in [0.15, 0.2) is 0 Å². The van der Waals surface area contributed by atoms with Crippen LogP contribution in [-0.4, -0.2) is 9.55 Å². The predicted molar refractivity (Wildman–Crippen MR) is 96.7 cm³/mol. The van der Waals surface area contributed by atoms with Crippen LogP contribution in [0.2, 0.25) is 5.02 Å². The zero-order chi connectivity index (χ0) is 16.4. The van der Waals surface area contributed by atoms with Gasteiger partial charge in [-0.15, -0.1) is 0 Å². The van der Waals surface area contributed by atoms with Crippen molar-refractivity contribution in [1.29, 1.82) is 0 Å². The molecule has 2 atom stereocenters. The number of imidazole rings is 1. The molecule has 23 heavy (non-hydrogen) atoms. The van der Waals surface area contributed by atoms with Gasteiger partial charge in [-0.05, 0) is 35.7 Å². The van der Waals surface area contributed by atoms with E-state index in [1.54, 1.807) is 0 Å². The lowest BCUT2D eigenvalue weighted by Gasteiger charge is -2.20. The highest BCUT2D eigenvalue weighted by atomic mass is 35.5. The minimum absolute atomic E-state index is 0.0772. The van der Waals surface area contributed by atoms with Gasteiger partial charge in [0.05, 0.1) is 17.1 Å². The number of rotatable bonds is 5. The normalized spacial score (nSPS) is 14.1. The summed E-state index contributed by atoms with van der Waals surface area (Å²) in [6.07, 6.45) is 1.03. The van der Waals surface area contributed by atoms with Gasteiger partial charge in [0.1, 0.15) is 5.82 Å². The second kappa shape index (κ2) is 6.73. The first-order valence-electron chi connectivity index (χ1n) is 8.05. The summed E-state index contributed by atoms with van der Waals surface area (Å²) >= 11 is 6.13. The third-order valence-corrected chi connectivity index (χ3v) is 4.70. The highest BCUT2D eigenvalue weighted by Crippen LogP contribution is 2.26. The average Bonchev–Trinajstić information content (AvgIpc) is 2.92. The van der Waals surface area contributed by atoms with Crippen LogP contribution in [0.15, 0.2) is 48.5 Å². The van der Waals surface area contributed by atoms with E-state index in [1.807, 2.05) is 36.4 Å². The Bertz CT molecular complexity index is 809. The molecule has 2 N–H and O–H groups in total. The highest BCUT2D eigenvalue weighted by molar-refractivity contribution is 6.30. The van der Waals surface area contributed by atoms with E-state index >= 15 is 0 Å². The SMILES string of the molecule is CCC(C)[C@H](N)c1nc2ccccc2n1Cc1cccc(Cl)c1. The fourth-order valence-corrected chi connectivity index (χ4v) is 3.05. The molecule has 1 unspecified atom stereocenters. The van der Waals surface area contributed by atoms with Gasteiger partial charge < -0.3 is 10.3 Å². The first-order chi connectivity index (χ1) is 11.1. The largest absolute Gasteiger partial charge is 0.322 e. The van der Waals surface area contributed by atoms with Gasteiger partial charge in [0.2, 0.25) is 0 Å². The lowest BCUT2D eigenvalue weighted by atomic mass is 9.99. The van der Waals surface area contributed by atoms with Crippen LogP contribution in [0, 0.1) is 5.92 Å². The molecule has 0 saturated heterocycles. The Hall–Kier alpha value is -1.84. The lowest BCUT2D eigenvalue weighted by molar-refractivity contribution is 0.428. The van der Waals surface area contributed by atoms with Crippen LogP contribution < -0.4 is 5.73 Å². The molecule has 4 heteroatoms. The smallest absolute Gasteiger partial charge is 0.127 e. The number of nitrogens with zero attached hydrogens (tertiary/aromatic N) is 2. The van der Waals surface area contributed by atoms with Gasteiger partial charge in [-0.25, -0.2) is 4.98 Å². The number of hydrogen-bond donors (Lipinski definition) is 1. The minimum Gasteiger partial charge on any atom is -0.322 e. The number of para-hydroxylation sites is 2. The Labute approximate surface area is 142 Å². The van der Waals surface area contributed by atoms with Gasteiger partial charge in [-0.2, -0.15) is 0 Å². The molecule has 0 saturated carbocycles. The van der Waals surface area contributed by atoms with Crippen molar-refractivity contribution in [2.75, 3.05) is 0 Å². The minimum atomic E-state index is -0.0772. The quantitative estimate of drug-likeness (QED) is 0.732. The monoisotopic (exact) mass is 327 g/mol. The van der Waals surface area contributed by atoms with Gasteiger partial charge >= 0.3 is 0 Å². The summed E-state index contributed by atoms with van der Waals surface area (Å²) in [7, 11) is 0. The molecule has 0 aliphatic rings. The molecule has 0 bridgehead atoms. The Kier molecular flexibility index (Phi) is 4.69. The number of hydrogen-bond acceptors (Lipinski definition) is 2. The molecule has 0 amide bonds. The molecule has 0 aliphatic carbocycles. The van der Waals surface area contributed by atoms with E-state index in [9.17, 15) is 0 Å². The van der Waals surface area contributed by atoms with Crippen molar-refractivity contribution in [2.45, 2.75) is 32.9 Å². The molecule has 1 heterocycles. The summed E-state index contributed by atoms with van der Waals surface area (Å²) in [5.74, 6) is 1.32. The van der Waals surface area contributed by atoms with E-state index in [-0.39, 0.29) is 6.04 Å². The maximum Gasteiger partial charge on any atom is 0.127 e. The topological polar surface area (TPSA) is 43.8 Å². The summed E-state index contributed by atoms with van der Waals surface area (Å²) in [4.78, 5) is 4.81. The van der Waals surface area contributed by atoms with Gasteiger partial charge in [-0.1, -0.05) is 56.1 Å². The Balaban J connectivity index is 2.09. The Morgan fingerprint density at radius 2 is 1.96 bits per heavy atom. The van der Waals surface area contributed by atoms with E-state index in [0.717, 1.165) is 40.4 Å². The van der Waals surface area contributed by atoms with Crippen molar-refractivity contribution in [3.63, 3.8) is 0 Å². The molecule has 0 spiro atoms. The summed E-state index contributed by atoms with van der Waals surface area (Å²) in [5.41, 5.74) is 9.74. The van der Waals surface area contributed by atoms with Crippen molar-refractivity contribution < 1.29 is 0 Å². The summed E-state index contributed by atoms with van der Waals surface area (Å²) < 4.78 is 2.22. The van der Waals surface area contributed by atoms with Crippen LogP contribution in [0.1, 0.15) is 37.7 Å². The van der Waals surface area contributed by atoms with Gasteiger partial charge in [0.25, 0.3) is 0 Å². The van der Waals surface area contributed by atoms with E-state index in [2.05, 4.69) is 30.5 Å². The molecule has 1 aromatic heterocycles. The summed E-state index contributed by atoms with van der Waals surface area (Å²) in [6.45, 7) is 5.06. The second-order valence-electron chi connectivity index (χ2n) is 6.09. The number of halogens is 1. The van der Waals surface area contributed by atoms with Crippen molar-refractivity contribution in [3.05, 3.63) is 64.9 Å². The van der Waals surface area contributed by atoms with Crippen LogP contribution in [0.4, 0.5) is 0 Å². The summed E-state index contributed by atoms with van der Waals surface area (Å²) in [6, 6.07) is 16.1. The van der Waals surface area contributed by atoms with Crippen molar-refractivity contribution in [2.24, 2.45) is 11.7 Å². The van der Waals surface area contributed by atoms with Crippen LogP contribution in [-0.2, 0) is 6.54 Å². The third kappa shape index (κ3) is 3.26. The first kappa shape index (κ1) is 16.0. The molecule has 3 aromatic rings. The number of benzene rings is 2. The molecule has 0 radical (unpaired) electrons. The van der Waals surface area contributed by atoms with Gasteiger partial charge in [0, 0.05) is 11.6 Å². The second-order valence-corrected chi connectivity index (χ2v) is 6.52. The van der Waals surface area contributed by atoms with Gasteiger partial charge in [-0.3, -0.25) is 0 Å². The molecule has 2 aromatic carbocycles. The molecular formula is C19H22ClN3. The van der Waals surface area contributed by atoms with Crippen LogP contribution in [0.3, 0.4) is 0 Å². The maximum atomic E-state index is 6.49. The van der Waals surface area contributed by atoms with Crippen LogP contribution in [0.5, 0.6) is 0 Å². The zero-order valence-corrected chi connectivity index (χ0v) is 14.3. The molecule has 3 nitrogen and oxygen atoms in total. The van der Waals surface area contributed by atoms with E-state index in [0.29, 0.717) is 5.92 Å². The van der Waals surface area contributed by atoms with Crippen LogP contribution in [0.25, 0.3) is 11.0 Å². The summed E-state index contributed by atoms with van der Waals surface area (Å²) in [5, 5.41) is 0.750. The van der Waals surface area contributed by atoms with Crippen molar-refractivity contribution >= 4 is 22.6 Å². The Morgan fingerprint density at radius 3 is 2.70 bits per heavy atom. The number of fused-ring (bicyclic) bond motifs is 1. The number of aromatic nitrogens is 2. The van der Waals surface area contributed by atoms with Crippen molar-refractivity contribution in [3.8, 4) is 0 Å². The van der Waals surface area contributed by atoms with Crippen molar-refractivity contribution in [1.82, 2.24) is 9.55 Å².